The van der Waals surface area contributed by atoms with Crippen molar-refractivity contribution in [3.05, 3.63) is 71.3 Å². The number of hydrogen-bond acceptors (Lipinski definition) is 5. The van der Waals surface area contributed by atoms with Gasteiger partial charge in [-0.3, -0.25) is 19.4 Å². The molecular weight excluding hydrogens is 566 g/mol. The van der Waals surface area contributed by atoms with Crippen LogP contribution >= 0.6 is 0 Å². The van der Waals surface area contributed by atoms with Crippen LogP contribution in [0.15, 0.2) is 59.6 Å². The third kappa shape index (κ3) is 9.70. The number of ether oxygens (including phenoxy) is 1. The van der Waals surface area contributed by atoms with Crippen LogP contribution in [-0.2, 0) is 25.5 Å². The summed E-state index contributed by atoms with van der Waals surface area (Å²) in [4.78, 5) is 44.2. The average molecular weight is 599 g/mol. The SMILES string of the molecule is CC(C)(C)OC(=O)[C@H](CCC(F)(F)F)[C@@H](CCC(F)(F)F)C(=O)N[C@H]1N=C(c2ccccc2)c2ccccc2CC1=O. The summed E-state index contributed by atoms with van der Waals surface area (Å²) in [6, 6.07) is 15.6. The molecule has 0 radical (unpaired) electrons. The van der Waals surface area contributed by atoms with Crippen molar-refractivity contribution in [2.75, 3.05) is 0 Å². The van der Waals surface area contributed by atoms with Crippen LogP contribution in [0.4, 0.5) is 26.3 Å². The third-order valence-electron chi connectivity index (χ3n) is 6.54. The fourth-order valence-electron chi connectivity index (χ4n) is 4.66. The highest BCUT2D eigenvalue weighted by Gasteiger charge is 2.42. The molecule has 0 fully saturated rings. The van der Waals surface area contributed by atoms with Crippen LogP contribution in [0.1, 0.15) is 63.1 Å². The van der Waals surface area contributed by atoms with Gasteiger partial charge in [0.15, 0.2) is 11.9 Å². The van der Waals surface area contributed by atoms with Gasteiger partial charge in [0.05, 0.1) is 17.5 Å². The molecule has 12 heteroatoms. The average Bonchev–Trinajstić information content (AvgIpc) is 3.00. The van der Waals surface area contributed by atoms with Gasteiger partial charge >= 0.3 is 18.3 Å². The number of benzene rings is 2. The van der Waals surface area contributed by atoms with Crippen molar-refractivity contribution in [3.8, 4) is 0 Å². The minimum Gasteiger partial charge on any atom is -0.460 e. The van der Waals surface area contributed by atoms with E-state index in [-0.39, 0.29) is 6.42 Å². The first kappa shape index (κ1) is 32.8. The Morgan fingerprint density at radius 3 is 2.00 bits per heavy atom. The molecule has 42 heavy (non-hydrogen) atoms. The van der Waals surface area contributed by atoms with E-state index in [9.17, 15) is 40.7 Å². The minimum absolute atomic E-state index is 0.169. The lowest BCUT2D eigenvalue weighted by atomic mass is 9.83. The predicted octanol–water partition coefficient (Wildman–Crippen LogP) is 6.35. The van der Waals surface area contributed by atoms with Crippen LogP contribution in [0.2, 0.25) is 0 Å². The lowest BCUT2D eigenvalue weighted by molar-refractivity contribution is -0.171. The number of Topliss-reactive ketones (excluding diaryl/α,β-unsaturated/α-hetero) is 1. The maximum Gasteiger partial charge on any atom is 0.389 e. The number of amides is 1. The van der Waals surface area contributed by atoms with Gasteiger partial charge in [-0.2, -0.15) is 26.3 Å². The van der Waals surface area contributed by atoms with Crippen molar-refractivity contribution in [2.45, 2.75) is 77.0 Å². The molecule has 2 aromatic rings. The summed E-state index contributed by atoms with van der Waals surface area (Å²) in [6.45, 7) is 4.33. The quantitative estimate of drug-likeness (QED) is 0.269. The smallest absolute Gasteiger partial charge is 0.389 e. The molecule has 0 aromatic heterocycles. The molecule has 0 unspecified atom stereocenters. The highest BCUT2D eigenvalue weighted by Crippen LogP contribution is 2.34. The van der Waals surface area contributed by atoms with E-state index < -0.39 is 79.3 Å². The van der Waals surface area contributed by atoms with E-state index in [1.165, 1.54) is 20.8 Å². The number of carbonyl (C=O) groups is 3. The summed E-state index contributed by atoms with van der Waals surface area (Å²) < 4.78 is 84.5. The number of halogens is 6. The Morgan fingerprint density at radius 2 is 1.43 bits per heavy atom. The van der Waals surface area contributed by atoms with Crippen LogP contribution in [-0.4, -0.2) is 47.5 Å². The van der Waals surface area contributed by atoms with Crippen molar-refractivity contribution < 1.29 is 45.5 Å². The first-order chi connectivity index (χ1) is 19.4. The van der Waals surface area contributed by atoms with Gasteiger partial charge in [-0.05, 0) is 39.2 Å². The maximum absolute atomic E-state index is 13.5. The van der Waals surface area contributed by atoms with E-state index in [2.05, 4.69) is 10.3 Å². The monoisotopic (exact) mass is 598 g/mol. The van der Waals surface area contributed by atoms with Gasteiger partial charge in [-0.25, -0.2) is 0 Å². The standard InChI is InChI=1S/C30H32F6N2O4/c1-28(2,3)42-27(41)22(14-16-30(34,35)36)21(13-15-29(31,32)33)26(40)38-25-23(39)17-19-11-7-8-12-20(19)24(37-25)18-9-5-4-6-10-18/h4-12,21-22,25H,13-17H2,1-3H3,(H,38,40)/t21-,22-,25-/m1/s1. The summed E-state index contributed by atoms with van der Waals surface area (Å²) >= 11 is 0. The van der Waals surface area contributed by atoms with Crippen molar-refractivity contribution in [1.82, 2.24) is 5.32 Å². The molecule has 3 rings (SSSR count). The molecule has 1 heterocycles. The molecule has 0 saturated carbocycles. The number of ketones is 1. The lowest BCUT2D eigenvalue weighted by Gasteiger charge is -2.30. The number of fused-ring (bicyclic) bond motifs is 1. The summed E-state index contributed by atoms with van der Waals surface area (Å²) in [5.74, 6) is -6.75. The molecule has 1 N–H and O–H groups in total. The Morgan fingerprint density at radius 1 is 0.881 bits per heavy atom. The molecular formula is C30H32F6N2O4. The van der Waals surface area contributed by atoms with E-state index in [1.54, 1.807) is 54.6 Å². The number of carbonyl (C=O) groups excluding carboxylic acids is 3. The summed E-state index contributed by atoms with van der Waals surface area (Å²) in [5, 5.41) is 2.34. The first-order valence-electron chi connectivity index (χ1n) is 13.3. The zero-order valence-corrected chi connectivity index (χ0v) is 23.3. The first-order valence-corrected chi connectivity index (χ1v) is 13.3. The molecule has 0 spiro atoms. The number of rotatable bonds is 9. The van der Waals surface area contributed by atoms with E-state index in [1.807, 2.05) is 0 Å². The topological polar surface area (TPSA) is 84.8 Å². The zero-order valence-electron chi connectivity index (χ0n) is 23.3. The van der Waals surface area contributed by atoms with Gasteiger partial charge in [0.25, 0.3) is 0 Å². The molecule has 1 aliphatic heterocycles. The number of aliphatic imine (C=N–C) groups is 1. The number of nitrogens with one attached hydrogen (secondary N) is 1. The fourth-order valence-corrected chi connectivity index (χ4v) is 4.66. The van der Waals surface area contributed by atoms with E-state index >= 15 is 0 Å². The molecule has 3 atom stereocenters. The Labute approximate surface area is 239 Å². The van der Waals surface area contributed by atoms with Crippen molar-refractivity contribution in [2.24, 2.45) is 16.8 Å². The molecule has 228 valence electrons. The molecule has 1 aliphatic rings. The van der Waals surface area contributed by atoms with Crippen LogP contribution in [0.25, 0.3) is 0 Å². The minimum atomic E-state index is -4.76. The lowest BCUT2D eigenvalue weighted by Crippen LogP contribution is -2.47. The van der Waals surface area contributed by atoms with Crippen LogP contribution < -0.4 is 5.32 Å². The number of nitrogens with zero attached hydrogens (tertiary/aromatic N) is 1. The Bertz CT molecular complexity index is 1300. The second-order valence-corrected chi connectivity index (χ2v) is 11.1. The van der Waals surface area contributed by atoms with Crippen LogP contribution in [0, 0.1) is 11.8 Å². The molecule has 0 aliphatic carbocycles. The second-order valence-electron chi connectivity index (χ2n) is 11.1. The molecule has 0 bridgehead atoms. The highest BCUT2D eigenvalue weighted by molar-refractivity contribution is 6.16. The predicted molar refractivity (Wildman–Crippen MR) is 143 cm³/mol. The largest absolute Gasteiger partial charge is 0.460 e. The van der Waals surface area contributed by atoms with Gasteiger partial charge < -0.3 is 10.1 Å². The Hall–Kier alpha value is -3.70. The zero-order chi connectivity index (χ0) is 31.3. The van der Waals surface area contributed by atoms with E-state index in [0.29, 0.717) is 22.4 Å². The van der Waals surface area contributed by atoms with Crippen LogP contribution in [0.5, 0.6) is 0 Å². The normalized spacial score (nSPS) is 17.4. The fraction of sp³-hybridized carbons (Fsp3) is 0.467. The van der Waals surface area contributed by atoms with Gasteiger partial charge in [0, 0.05) is 30.4 Å². The van der Waals surface area contributed by atoms with Crippen molar-refractivity contribution in [1.29, 1.82) is 0 Å². The second kappa shape index (κ2) is 13.1. The highest BCUT2D eigenvalue weighted by atomic mass is 19.4. The number of alkyl halides is 6. The van der Waals surface area contributed by atoms with E-state index in [4.69, 9.17) is 4.74 Å². The van der Waals surface area contributed by atoms with Crippen LogP contribution in [0.3, 0.4) is 0 Å². The molecule has 1 amide bonds. The Kier molecular flexibility index (Phi) is 10.2. The maximum atomic E-state index is 13.5. The summed E-state index contributed by atoms with van der Waals surface area (Å²) in [5.41, 5.74) is 0.974. The van der Waals surface area contributed by atoms with Gasteiger partial charge in [-0.1, -0.05) is 54.6 Å². The van der Waals surface area contributed by atoms with Crippen molar-refractivity contribution >= 4 is 23.4 Å². The van der Waals surface area contributed by atoms with Gasteiger partial charge in [0.2, 0.25) is 5.91 Å². The summed E-state index contributed by atoms with van der Waals surface area (Å²) in [7, 11) is 0. The molecule has 6 nitrogen and oxygen atoms in total. The number of hydrogen-bond donors (Lipinski definition) is 1. The molecule has 2 aromatic carbocycles. The summed E-state index contributed by atoms with van der Waals surface area (Å²) in [6.07, 6.45) is -16.3. The van der Waals surface area contributed by atoms with Gasteiger partial charge in [-0.15, -0.1) is 0 Å². The van der Waals surface area contributed by atoms with Crippen molar-refractivity contribution in [3.63, 3.8) is 0 Å². The Balaban J connectivity index is 2.01. The van der Waals surface area contributed by atoms with E-state index in [0.717, 1.165) is 0 Å². The third-order valence-corrected chi connectivity index (χ3v) is 6.54. The number of esters is 1. The molecule has 0 saturated heterocycles. The van der Waals surface area contributed by atoms with Gasteiger partial charge in [0.1, 0.15) is 5.60 Å².